The van der Waals surface area contributed by atoms with Crippen LogP contribution in [-0.4, -0.2) is 71.2 Å². The number of amides is 1. The number of nitrogen functional groups attached to an aromatic ring is 1. The van der Waals surface area contributed by atoms with E-state index in [-0.39, 0.29) is 22.8 Å². The van der Waals surface area contributed by atoms with E-state index in [9.17, 15) is 20.1 Å². The van der Waals surface area contributed by atoms with Gasteiger partial charge in [0, 0.05) is 6.54 Å². The molecule has 1 aliphatic carbocycles. The number of hydrogen-bond donors (Lipinski definition) is 5. The fourth-order valence-corrected chi connectivity index (χ4v) is 4.42. The van der Waals surface area contributed by atoms with Gasteiger partial charge in [0.2, 0.25) is 5.82 Å². The molecule has 0 spiro atoms. The summed E-state index contributed by atoms with van der Waals surface area (Å²) < 4.78 is 7.05. The molecule has 3 heterocycles. The largest absolute Gasteiger partial charge is 0.387 e. The summed E-state index contributed by atoms with van der Waals surface area (Å²) in [6.07, 6.45) is 0.298. The molecular formula is C22H30N6O5. The number of ether oxygens (including phenoxy) is 1. The molecule has 1 amide bonds. The molecule has 2 fully saturated rings. The zero-order valence-corrected chi connectivity index (χ0v) is 18.7. The average molecular weight is 459 g/mol. The van der Waals surface area contributed by atoms with Crippen molar-refractivity contribution in [2.45, 2.75) is 76.1 Å². The molecule has 178 valence electrons. The molecule has 1 aliphatic heterocycles. The van der Waals surface area contributed by atoms with E-state index in [1.807, 2.05) is 0 Å². The minimum atomic E-state index is -1.43. The molecule has 0 bridgehead atoms. The van der Waals surface area contributed by atoms with Crippen LogP contribution in [0.4, 0.5) is 5.82 Å². The highest BCUT2D eigenvalue weighted by Crippen LogP contribution is 2.34. The summed E-state index contributed by atoms with van der Waals surface area (Å²) >= 11 is 0. The van der Waals surface area contributed by atoms with E-state index >= 15 is 0 Å². The van der Waals surface area contributed by atoms with Crippen molar-refractivity contribution in [2.75, 3.05) is 12.3 Å². The van der Waals surface area contributed by atoms with E-state index in [1.165, 1.54) is 10.9 Å². The molecule has 33 heavy (non-hydrogen) atoms. The predicted octanol–water partition coefficient (Wildman–Crippen LogP) is -0.153. The first-order valence-electron chi connectivity index (χ1n) is 11.3. The maximum atomic E-state index is 12.2. The third kappa shape index (κ3) is 4.52. The number of aliphatic hydroxyl groups is 3. The number of aromatic nitrogens is 4. The van der Waals surface area contributed by atoms with Crippen molar-refractivity contribution >= 4 is 22.9 Å². The van der Waals surface area contributed by atoms with Gasteiger partial charge in [-0.15, -0.1) is 0 Å². The summed E-state index contributed by atoms with van der Waals surface area (Å²) in [5.41, 5.74) is 5.47. The molecule has 11 heteroatoms. The number of fused-ring (bicyclic) bond motifs is 1. The van der Waals surface area contributed by atoms with Gasteiger partial charge in [0.1, 0.15) is 23.3 Å². The number of imidazole rings is 1. The van der Waals surface area contributed by atoms with Gasteiger partial charge in [-0.1, -0.05) is 19.3 Å². The number of carbonyl (C=O) groups excluding carboxylic acids is 1. The van der Waals surface area contributed by atoms with Crippen molar-refractivity contribution in [2.24, 2.45) is 5.92 Å². The summed E-state index contributed by atoms with van der Waals surface area (Å²) in [5, 5.41) is 34.2. The van der Waals surface area contributed by atoms with Crippen molar-refractivity contribution < 1.29 is 24.9 Å². The van der Waals surface area contributed by atoms with Gasteiger partial charge in [0.15, 0.2) is 23.8 Å². The quantitative estimate of drug-likeness (QED) is 0.391. The first-order chi connectivity index (χ1) is 15.8. The van der Waals surface area contributed by atoms with E-state index in [0.717, 1.165) is 19.3 Å². The van der Waals surface area contributed by atoms with Gasteiger partial charge in [0.25, 0.3) is 5.91 Å². The number of likely N-dealkylation sites (N-methyl/N-ethyl adjacent to an activating group) is 1. The number of nitrogens with zero attached hydrogens (tertiary/aromatic N) is 4. The Bertz CT molecular complexity index is 1080. The van der Waals surface area contributed by atoms with Crippen molar-refractivity contribution in [3.8, 4) is 11.8 Å². The zero-order chi connectivity index (χ0) is 23.8. The molecule has 2 aliphatic rings. The Balaban J connectivity index is 1.62. The van der Waals surface area contributed by atoms with Crippen LogP contribution >= 0.6 is 0 Å². The lowest BCUT2D eigenvalue weighted by molar-refractivity contribution is -0.137. The highest BCUT2D eigenvalue weighted by atomic mass is 16.6. The van der Waals surface area contributed by atoms with Crippen LogP contribution in [0.5, 0.6) is 0 Å². The van der Waals surface area contributed by atoms with Gasteiger partial charge in [-0.25, -0.2) is 15.0 Å². The number of hydrogen-bond acceptors (Lipinski definition) is 9. The fourth-order valence-electron chi connectivity index (χ4n) is 4.42. The van der Waals surface area contributed by atoms with Crippen molar-refractivity contribution in [3.05, 3.63) is 12.2 Å². The second-order valence-corrected chi connectivity index (χ2v) is 8.71. The topological polar surface area (TPSA) is 169 Å². The molecule has 2 aromatic heterocycles. The van der Waals surface area contributed by atoms with Crippen LogP contribution in [0.1, 0.15) is 58.0 Å². The molecule has 1 saturated heterocycles. The maximum Gasteiger partial charge on any atom is 0.252 e. The van der Waals surface area contributed by atoms with Crippen LogP contribution in [0.3, 0.4) is 0 Å². The number of nitrogens with one attached hydrogen (secondary N) is 1. The second-order valence-electron chi connectivity index (χ2n) is 8.71. The molecule has 0 aromatic carbocycles. The third-order valence-corrected chi connectivity index (χ3v) is 6.49. The van der Waals surface area contributed by atoms with Gasteiger partial charge >= 0.3 is 0 Å². The monoisotopic (exact) mass is 458 g/mol. The van der Waals surface area contributed by atoms with Gasteiger partial charge in [-0.3, -0.25) is 9.36 Å². The standard InChI is InChI=1S/C22H30N6O5/c1-3-12-5-8-22(32,9-6-12)10-7-13-26-18(23)14-19(27-13)28(11-25-14)21-16(30)15(29)17(33-21)20(31)24-4-2/h11-12,15-17,21,29-30,32H,3-6,8-9H2,1-2H3,(H,24,31)(H2,23,26,27)/t12?,15-,16+,17+,21-,22?/m1/s1. The van der Waals surface area contributed by atoms with Crippen LogP contribution in [-0.2, 0) is 9.53 Å². The molecule has 0 unspecified atom stereocenters. The summed E-state index contributed by atoms with van der Waals surface area (Å²) in [5.74, 6) is 6.00. The van der Waals surface area contributed by atoms with Crippen LogP contribution in [0.2, 0.25) is 0 Å². The van der Waals surface area contributed by atoms with E-state index in [2.05, 4.69) is 39.0 Å². The normalized spacial score (nSPS) is 31.8. The van der Waals surface area contributed by atoms with Gasteiger partial charge in [-0.05, 0) is 44.4 Å². The van der Waals surface area contributed by atoms with E-state index in [1.54, 1.807) is 6.92 Å². The lowest BCUT2D eigenvalue weighted by Gasteiger charge is -2.31. The van der Waals surface area contributed by atoms with Crippen LogP contribution in [0.25, 0.3) is 11.2 Å². The Labute approximate surface area is 191 Å². The van der Waals surface area contributed by atoms with Gasteiger partial charge in [-0.2, -0.15) is 0 Å². The Hall–Kier alpha value is -2.78. The van der Waals surface area contributed by atoms with Crippen molar-refractivity contribution in [1.29, 1.82) is 0 Å². The van der Waals surface area contributed by atoms with Crippen LogP contribution in [0.15, 0.2) is 6.33 Å². The smallest absolute Gasteiger partial charge is 0.252 e. The molecule has 1 saturated carbocycles. The number of aliphatic hydroxyl groups excluding tert-OH is 2. The van der Waals surface area contributed by atoms with Crippen LogP contribution < -0.4 is 11.1 Å². The Kier molecular flexibility index (Phi) is 6.54. The fraction of sp³-hybridized carbons (Fsp3) is 0.636. The Morgan fingerprint density at radius 1 is 1.30 bits per heavy atom. The predicted molar refractivity (Wildman–Crippen MR) is 118 cm³/mol. The first-order valence-corrected chi connectivity index (χ1v) is 11.3. The zero-order valence-electron chi connectivity index (χ0n) is 18.7. The van der Waals surface area contributed by atoms with Gasteiger partial charge in [0.05, 0.1) is 6.33 Å². The second kappa shape index (κ2) is 9.23. The van der Waals surface area contributed by atoms with Crippen molar-refractivity contribution in [3.63, 3.8) is 0 Å². The molecular weight excluding hydrogens is 428 g/mol. The number of rotatable bonds is 4. The lowest BCUT2D eigenvalue weighted by Crippen LogP contribution is -2.42. The molecule has 2 aromatic rings. The van der Waals surface area contributed by atoms with Gasteiger partial charge < -0.3 is 31.1 Å². The lowest BCUT2D eigenvalue weighted by atomic mass is 9.78. The SMILES string of the molecule is CCNC(=O)[C@H]1O[C@@H](n2cnc3c(N)nc(C#CC4(O)CCC(CC)CC4)nc32)[C@@H](O)[C@H]1O. The first kappa shape index (κ1) is 23.4. The van der Waals surface area contributed by atoms with Crippen molar-refractivity contribution in [1.82, 2.24) is 24.8 Å². The third-order valence-electron chi connectivity index (χ3n) is 6.49. The molecule has 4 atom stereocenters. The minimum Gasteiger partial charge on any atom is -0.387 e. The molecule has 6 N–H and O–H groups in total. The number of nitrogens with two attached hydrogens (primary N) is 1. The highest BCUT2D eigenvalue weighted by Gasteiger charge is 2.47. The Morgan fingerprint density at radius 2 is 2.03 bits per heavy atom. The minimum absolute atomic E-state index is 0.0815. The molecule has 4 rings (SSSR count). The van der Waals surface area contributed by atoms with E-state index in [0.29, 0.717) is 25.3 Å². The summed E-state index contributed by atoms with van der Waals surface area (Å²) in [6, 6.07) is 0. The summed E-state index contributed by atoms with van der Waals surface area (Å²) in [4.78, 5) is 24.9. The Morgan fingerprint density at radius 3 is 2.70 bits per heavy atom. The average Bonchev–Trinajstić information content (AvgIpc) is 3.35. The molecule has 11 nitrogen and oxygen atoms in total. The summed E-state index contributed by atoms with van der Waals surface area (Å²) in [7, 11) is 0. The van der Waals surface area contributed by atoms with E-state index in [4.69, 9.17) is 10.5 Å². The maximum absolute atomic E-state index is 12.2. The van der Waals surface area contributed by atoms with Crippen LogP contribution in [0, 0.1) is 17.8 Å². The number of carbonyl (C=O) groups is 1. The molecule has 0 radical (unpaired) electrons. The highest BCUT2D eigenvalue weighted by molar-refractivity contribution is 5.83. The number of anilines is 1. The van der Waals surface area contributed by atoms with E-state index < -0.39 is 36.0 Å². The summed E-state index contributed by atoms with van der Waals surface area (Å²) in [6.45, 7) is 4.25.